The van der Waals surface area contributed by atoms with E-state index < -0.39 is 16.3 Å². The summed E-state index contributed by atoms with van der Waals surface area (Å²) in [5, 5.41) is 8.82. The standard InChI is InChI=1S/C9H12ClNO2/c1-5-8(2,3)9(10,6-11)7(12)13-4/h5H,1H2,2-4H3. The lowest BCUT2D eigenvalue weighted by molar-refractivity contribution is -0.144. The lowest BCUT2D eigenvalue weighted by atomic mass is 9.79. The van der Waals surface area contributed by atoms with Crippen molar-refractivity contribution >= 4 is 17.6 Å². The third kappa shape index (κ3) is 1.84. The number of alkyl halides is 1. The molecule has 0 aromatic rings. The number of esters is 1. The van der Waals surface area contributed by atoms with Crippen LogP contribution in [0.2, 0.25) is 0 Å². The van der Waals surface area contributed by atoms with Crippen molar-refractivity contribution in [2.24, 2.45) is 5.41 Å². The molecule has 0 fully saturated rings. The smallest absolute Gasteiger partial charge is 0.342 e. The van der Waals surface area contributed by atoms with E-state index in [2.05, 4.69) is 11.3 Å². The molecule has 1 unspecified atom stereocenters. The van der Waals surface area contributed by atoms with Gasteiger partial charge in [-0.1, -0.05) is 31.5 Å². The maximum absolute atomic E-state index is 11.2. The summed E-state index contributed by atoms with van der Waals surface area (Å²) >= 11 is 5.86. The molecule has 0 spiro atoms. The quantitative estimate of drug-likeness (QED) is 0.398. The van der Waals surface area contributed by atoms with Gasteiger partial charge in [0.25, 0.3) is 0 Å². The fourth-order valence-corrected chi connectivity index (χ4v) is 0.888. The second kappa shape index (κ2) is 3.80. The number of ether oxygens (including phenoxy) is 1. The van der Waals surface area contributed by atoms with Gasteiger partial charge in [0.05, 0.1) is 13.2 Å². The van der Waals surface area contributed by atoms with Crippen molar-refractivity contribution in [1.29, 1.82) is 5.26 Å². The number of nitrogens with zero attached hydrogens (tertiary/aromatic N) is 1. The number of hydrogen-bond acceptors (Lipinski definition) is 3. The molecule has 0 saturated heterocycles. The Morgan fingerprint density at radius 3 is 2.38 bits per heavy atom. The number of halogens is 1. The molecule has 72 valence electrons. The van der Waals surface area contributed by atoms with Crippen LogP contribution in [0.1, 0.15) is 13.8 Å². The van der Waals surface area contributed by atoms with Gasteiger partial charge in [0.15, 0.2) is 0 Å². The van der Waals surface area contributed by atoms with Crippen LogP contribution in [0.5, 0.6) is 0 Å². The van der Waals surface area contributed by atoms with E-state index in [1.165, 1.54) is 13.2 Å². The number of carbonyl (C=O) groups is 1. The Bertz CT molecular complexity index is 267. The largest absolute Gasteiger partial charge is 0.467 e. The van der Waals surface area contributed by atoms with E-state index in [1.807, 2.05) is 0 Å². The lowest BCUT2D eigenvalue weighted by Gasteiger charge is -2.31. The molecular weight excluding hydrogens is 190 g/mol. The molecule has 0 N–H and O–H groups in total. The number of rotatable bonds is 3. The average Bonchev–Trinajstić information content (AvgIpc) is 2.14. The summed E-state index contributed by atoms with van der Waals surface area (Å²) in [6.45, 7) is 6.81. The predicted molar refractivity (Wildman–Crippen MR) is 50.2 cm³/mol. The minimum absolute atomic E-state index is 0.762. The Labute approximate surface area is 82.9 Å². The van der Waals surface area contributed by atoms with Crippen LogP contribution in [0.15, 0.2) is 12.7 Å². The molecule has 0 bridgehead atoms. The molecule has 0 amide bonds. The molecule has 3 nitrogen and oxygen atoms in total. The van der Waals surface area contributed by atoms with E-state index in [-0.39, 0.29) is 0 Å². The summed E-state index contributed by atoms with van der Waals surface area (Å²) in [4.78, 5) is 9.54. The van der Waals surface area contributed by atoms with Crippen LogP contribution in [0, 0.1) is 16.7 Å². The fraction of sp³-hybridized carbons (Fsp3) is 0.556. The fourth-order valence-electron chi connectivity index (χ4n) is 0.734. The maximum atomic E-state index is 11.2. The Balaban J connectivity index is 5.20. The molecular formula is C9H12ClNO2. The summed E-state index contributed by atoms with van der Waals surface area (Å²) in [6, 6.07) is 1.74. The monoisotopic (exact) mass is 201 g/mol. The lowest BCUT2D eigenvalue weighted by Crippen LogP contribution is -2.45. The van der Waals surface area contributed by atoms with Crippen molar-refractivity contribution in [3.05, 3.63) is 12.7 Å². The van der Waals surface area contributed by atoms with Gasteiger partial charge in [-0.15, -0.1) is 6.58 Å². The topological polar surface area (TPSA) is 50.1 Å². The molecule has 1 atom stereocenters. The molecule has 0 aliphatic rings. The number of carbonyl (C=O) groups excluding carboxylic acids is 1. The van der Waals surface area contributed by atoms with E-state index in [0.717, 1.165) is 0 Å². The normalized spacial score (nSPS) is 15.3. The van der Waals surface area contributed by atoms with E-state index in [4.69, 9.17) is 16.9 Å². The van der Waals surface area contributed by atoms with Gasteiger partial charge in [-0.25, -0.2) is 4.79 Å². The molecule has 13 heavy (non-hydrogen) atoms. The molecule has 4 heteroatoms. The van der Waals surface area contributed by atoms with Crippen LogP contribution >= 0.6 is 11.6 Å². The minimum atomic E-state index is -1.70. The van der Waals surface area contributed by atoms with Crippen LogP contribution in [-0.4, -0.2) is 18.0 Å². The van der Waals surface area contributed by atoms with Crippen LogP contribution in [-0.2, 0) is 9.53 Å². The van der Waals surface area contributed by atoms with Crippen LogP contribution in [0.3, 0.4) is 0 Å². The predicted octanol–water partition coefficient (Wildman–Crippen LogP) is 1.87. The second-order valence-corrected chi connectivity index (χ2v) is 3.75. The van der Waals surface area contributed by atoms with Gasteiger partial charge in [-0.2, -0.15) is 5.26 Å². The van der Waals surface area contributed by atoms with Gasteiger partial charge in [0, 0.05) is 5.41 Å². The van der Waals surface area contributed by atoms with Crippen LogP contribution in [0.4, 0.5) is 0 Å². The molecule has 0 saturated carbocycles. The zero-order valence-corrected chi connectivity index (χ0v) is 8.68. The zero-order valence-electron chi connectivity index (χ0n) is 7.93. The van der Waals surface area contributed by atoms with Crippen molar-refractivity contribution in [2.75, 3.05) is 7.11 Å². The van der Waals surface area contributed by atoms with Crippen molar-refractivity contribution in [3.63, 3.8) is 0 Å². The third-order valence-corrected chi connectivity index (χ3v) is 2.74. The van der Waals surface area contributed by atoms with Crippen LogP contribution < -0.4 is 0 Å². The molecule has 0 aliphatic carbocycles. The third-order valence-electron chi connectivity index (χ3n) is 2.02. The maximum Gasteiger partial charge on any atom is 0.342 e. The van der Waals surface area contributed by atoms with Crippen molar-refractivity contribution in [2.45, 2.75) is 18.7 Å². The zero-order chi connectivity index (χ0) is 10.7. The highest BCUT2D eigenvalue weighted by Crippen LogP contribution is 2.38. The Kier molecular flexibility index (Phi) is 3.50. The molecule has 0 rings (SSSR count). The van der Waals surface area contributed by atoms with Gasteiger partial charge in [-0.05, 0) is 0 Å². The summed E-state index contributed by atoms with van der Waals surface area (Å²) in [5.41, 5.74) is -0.837. The van der Waals surface area contributed by atoms with E-state index in [0.29, 0.717) is 0 Å². The Hall–Kier alpha value is -1.01. The highest BCUT2D eigenvalue weighted by Gasteiger charge is 2.50. The summed E-state index contributed by atoms with van der Waals surface area (Å²) in [5.74, 6) is -0.762. The first kappa shape index (κ1) is 12.0. The summed E-state index contributed by atoms with van der Waals surface area (Å²) < 4.78 is 4.45. The van der Waals surface area contributed by atoms with Gasteiger partial charge in [-0.3, -0.25) is 0 Å². The Morgan fingerprint density at radius 1 is 1.69 bits per heavy atom. The number of methoxy groups -OCH3 is 1. The molecule has 0 aliphatic heterocycles. The number of allylic oxidation sites excluding steroid dienone is 1. The van der Waals surface area contributed by atoms with Crippen molar-refractivity contribution in [1.82, 2.24) is 0 Å². The highest BCUT2D eigenvalue weighted by atomic mass is 35.5. The summed E-state index contributed by atoms with van der Waals surface area (Å²) in [6.07, 6.45) is 1.46. The van der Waals surface area contributed by atoms with Crippen molar-refractivity contribution < 1.29 is 9.53 Å². The average molecular weight is 202 g/mol. The molecule has 0 heterocycles. The second-order valence-electron chi connectivity index (χ2n) is 3.19. The minimum Gasteiger partial charge on any atom is -0.467 e. The van der Waals surface area contributed by atoms with Gasteiger partial charge in [0.1, 0.15) is 0 Å². The summed E-state index contributed by atoms with van der Waals surface area (Å²) in [7, 11) is 1.19. The Morgan fingerprint density at radius 2 is 2.15 bits per heavy atom. The molecule has 0 aromatic carbocycles. The first-order valence-corrected chi connectivity index (χ1v) is 4.05. The number of hydrogen-bond donors (Lipinski definition) is 0. The SMILES string of the molecule is C=CC(C)(C)C(Cl)(C#N)C(=O)OC. The van der Waals surface area contributed by atoms with E-state index in [9.17, 15) is 4.79 Å². The number of nitriles is 1. The van der Waals surface area contributed by atoms with Gasteiger partial charge >= 0.3 is 5.97 Å². The highest BCUT2D eigenvalue weighted by molar-refractivity contribution is 6.37. The molecule has 0 radical (unpaired) electrons. The first-order chi connectivity index (χ1) is 5.85. The molecule has 0 aromatic heterocycles. The van der Waals surface area contributed by atoms with E-state index in [1.54, 1.807) is 19.9 Å². The van der Waals surface area contributed by atoms with Gasteiger partial charge < -0.3 is 4.74 Å². The van der Waals surface area contributed by atoms with Crippen LogP contribution in [0.25, 0.3) is 0 Å². The first-order valence-electron chi connectivity index (χ1n) is 3.68. The van der Waals surface area contributed by atoms with Gasteiger partial charge in [0.2, 0.25) is 4.87 Å². The van der Waals surface area contributed by atoms with Crippen molar-refractivity contribution in [3.8, 4) is 6.07 Å². The van der Waals surface area contributed by atoms with E-state index >= 15 is 0 Å².